The number of aromatic amines is 2. The molecule has 102 heavy (non-hydrogen) atoms. The van der Waals surface area contributed by atoms with Crippen LogP contribution in [0.3, 0.4) is 0 Å². The van der Waals surface area contributed by atoms with E-state index in [9.17, 15) is 39.3 Å². The molecule has 4 N–H and O–H groups in total. The number of carbonyl (C=O) groups excluding carboxylic acids is 6. The number of fused-ring (bicyclic) bond motifs is 2. The van der Waals surface area contributed by atoms with E-state index < -0.39 is 82.0 Å². The summed E-state index contributed by atoms with van der Waals surface area (Å²) in [5.74, 6) is 10.1. The summed E-state index contributed by atoms with van der Waals surface area (Å²) in [5, 5.41) is 26.4. The van der Waals surface area contributed by atoms with E-state index in [1.807, 2.05) is 27.7 Å². The summed E-state index contributed by atoms with van der Waals surface area (Å²) in [6.07, 6.45) is -0.789. The first kappa shape index (κ1) is 77.2. The molecule has 6 amide bonds. The van der Waals surface area contributed by atoms with Crippen molar-refractivity contribution in [2.24, 2.45) is 0 Å². The molecule has 0 saturated heterocycles. The van der Waals surface area contributed by atoms with Crippen LogP contribution in [-0.2, 0) is 65.2 Å². The summed E-state index contributed by atoms with van der Waals surface area (Å²) in [6.45, 7) is 21.7. The zero-order valence-corrected chi connectivity index (χ0v) is 61.5. The Morgan fingerprint density at radius 3 is 1.24 bits per heavy atom. The molecule has 0 fully saturated rings. The fourth-order valence-electron chi connectivity index (χ4n) is 12.2. The van der Waals surface area contributed by atoms with Crippen LogP contribution in [-0.4, -0.2) is 131 Å². The number of hydrogen-bond donors (Lipinski definition) is 4. The minimum atomic E-state index is -1.16. The number of anilines is 2. The van der Waals surface area contributed by atoms with Gasteiger partial charge in [0.1, 0.15) is 60.1 Å². The fourth-order valence-corrected chi connectivity index (χ4v) is 12.5. The summed E-state index contributed by atoms with van der Waals surface area (Å²) < 4.78 is 23.0. The summed E-state index contributed by atoms with van der Waals surface area (Å²) in [4.78, 5) is 124. The molecule has 8 rings (SSSR count). The number of H-pyrrole nitrogens is 2. The molecule has 22 nitrogen and oxygen atoms in total. The Morgan fingerprint density at radius 1 is 0.559 bits per heavy atom. The van der Waals surface area contributed by atoms with Crippen LogP contribution in [0.15, 0.2) is 107 Å². The highest BCUT2D eigenvalue weighted by molar-refractivity contribution is 6.31. The highest BCUT2D eigenvalue weighted by atomic mass is 35.5. The molecule has 534 valence electrons. The summed E-state index contributed by atoms with van der Waals surface area (Å²) in [6, 6.07) is 26.9. The predicted molar refractivity (Wildman–Crippen MR) is 390 cm³/mol. The lowest BCUT2D eigenvalue weighted by Gasteiger charge is -2.31. The van der Waals surface area contributed by atoms with Crippen molar-refractivity contribution in [3.05, 3.63) is 184 Å². The maximum Gasteiger partial charge on any atom is 0.410 e. The van der Waals surface area contributed by atoms with Gasteiger partial charge in [-0.05, 0) is 161 Å². The normalized spacial score (nSPS) is 14.4. The van der Waals surface area contributed by atoms with Gasteiger partial charge in [0.15, 0.2) is 0 Å². The van der Waals surface area contributed by atoms with Gasteiger partial charge < -0.3 is 49.3 Å². The highest BCUT2D eigenvalue weighted by Crippen LogP contribution is 2.41. The number of carbonyl (C=O) groups is 6. The van der Waals surface area contributed by atoms with E-state index in [4.69, 9.17) is 42.1 Å². The Kier molecular flexibility index (Phi) is 24.5. The van der Waals surface area contributed by atoms with E-state index in [0.29, 0.717) is 88.8 Å². The van der Waals surface area contributed by atoms with Crippen molar-refractivity contribution >= 4 is 70.4 Å². The van der Waals surface area contributed by atoms with Gasteiger partial charge in [0.25, 0.3) is 11.1 Å². The average molecular weight is 1430 g/mol. The Balaban J connectivity index is 0.932. The molecule has 0 bridgehead atoms. The van der Waals surface area contributed by atoms with E-state index in [-0.39, 0.29) is 75.9 Å². The van der Waals surface area contributed by atoms with Crippen LogP contribution in [0.5, 0.6) is 11.5 Å². The first-order valence-corrected chi connectivity index (χ1v) is 34.2. The number of pyridine rings is 2. The molecule has 4 atom stereocenters. The SMILES string of the molecule is CC[C@@H](C(=O)N[C@@H](Cc1ccc(OCC#CC#CCOc2ccc(C[C@H](NC(=O)[C@H](CC)N(C)C(=O)OC(C)(C)C)C(=O)N3CC(C)(C)c4[nH]c(=O)c(Cc5ccc(Cl)cc5C#N)cc43)cc2)cc1)C(=O)N1CC(C)(C)c2[nH]c(=O)c(Cc3ccc(Cl)cc3C#N)cc21)N(C)C(=O)OC(C)(C)C. The van der Waals surface area contributed by atoms with E-state index >= 15 is 9.59 Å². The number of nitriles is 2. The number of aromatic nitrogens is 2. The van der Waals surface area contributed by atoms with Gasteiger partial charge >= 0.3 is 12.2 Å². The lowest BCUT2D eigenvalue weighted by Crippen LogP contribution is -2.56. The van der Waals surface area contributed by atoms with Gasteiger partial charge in [-0.3, -0.25) is 38.6 Å². The van der Waals surface area contributed by atoms with Gasteiger partial charge in [0, 0.05) is 96.3 Å². The second-order valence-corrected chi connectivity index (χ2v) is 29.5. The lowest BCUT2D eigenvalue weighted by molar-refractivity contribution is -0.130. The summed E-state index contributed by atoms with van der Waals surface area (Å²) >= 11 is 12.4. The van der Waals surface area contributed by atoms with E-state index in [1.54, 1.807) is 150 Å². The second kappa shape index (κ2) is 32.4. The third-order valence-electron chi connectivity index (χ3n) is 17.4. The zero-order chi connectivity index (χ0) is 74.8. The fraction of sp³-hybridized carbons (Fsp3) is 0.410. The molecule has 0 radical (unpaired) electrons. The van der Waals surface area contributed by atoms with Gasteiger partial charge in [-0.15, -0.1) is 0 Å². The van der Waals surface area contributed by atoms with Crippen molar-refractivity contribution in [2.75, 3.05) is 50.2 Å². The molecular formula is C78H86Cl2N10O12. The van der Waals surface area contributed by atoms with Gasteiger partial charge in [-0.25, -0.2) is 9.59 Å². The van der Waals surface area contributed by atoms with E-state index in [1.165, 1.54) is 36.0 Å². The molecule has 4 aromatic carbocycles. The largest absolute Gasteiger partial charge is 0.481 e. The first-order chi connectivity index (χ1) is 48.0. The standard InChI is InChI=1S/C78H86Cl2N10O12/c1-15-61(87(13)73(97)101-75(3,4)5)69(93)83-59(71(95)89-45-77(9,10)65-63(89)41-51(67(91)85-65)37-49-25-27-55(79)39-53(49)43-81)35-47-21-29-57(30-22-47)99-33-19-17-18-20-34-100-58-31-23-48(24-32-58)36-60(84-70(94)62(16-2)88(14)74(98)102-76(6,7)8)72(96)90-46-78(11,12)66-64(90)42-52(68(92)86-66)38-50-26-28-56(80)40-54(50)44-82/h21-32,39-42,59-62H,15-16,33-38,45-46H2,1-14H3,(H,83,93)(H,84,94)(H,85,91)(H,86,92)/t59-,60-,61-,62-/m0/s1. The maximum atomic E-state index is 15.1. The third-order valence-corrected chi connectivity index (χ3v) is 17.9. The van der Waals surface area contributed by atoms with Gasteiger partial charge in [-0.1, -0.05) is 101 Å². The molecule has 0 unspecified atom stereocenters. The zero-order valence-electron chi connectivity index (χ0n) is 60.0. The highest BCUT2D eigenvalue weighted by Gasteiger charge is 2.45. The molecule has 0 aliphatic carbocycles. The van der Waals surface area contributed by atoms with Crippen molar-refractivity contribution in [3.63, 3.8) is 0 Å². The molecule has 2 aromatic heterocycles. The minimum Gasteiger partial charge on any atom is -0.481 e. The van der Waals surface area contributed by atoms with Crippen LogP contribution in [0.2, 0.25) is 10.0 Å². The summed E-state index contributed by atoms with van der Waals surface area (Å²) in [5.41, 5.74) is 1.86. The van der Waals surface area contributed by atoms with Gasteiger partial charge in [0.05, 0.1) is 34.6 Å². The number of nitrogens with one attached hydrogen (secondary N) is 4. The molecule has 0 spiro atoms. The number of rotatable bonds is 22. The summed E-state index contributed by atoms with van der Waals surface area (Å²) in [7, 11) is 2.94. The number of hydrogen-bond acceptors (Lipinski definition) is 14. The predicted octanol–water partition coefficient (Wildman–Crippen LogP) is 10.8. The number of halogens is 2. The van der Waals surface area contributed by atoms with Gasteiger partial charge in [-0.2, -0.15) is 10.5 Å². The lowest BCUT2D eigenvalue weighted by atomic mass is 9.90. The molecule has 4 heterocycles. The number of benzene rings is 4. The van der Waals surface area contributed by atoms with Crippen molar-refractivity contribution in [1.29, 1.82) is 10.5 Å². The van der Waals surface area contributed by atoms with Crippen LogP contribution in [0.4, 0.5) is 21.0 Å². The molecule has 6 aromatic rings. The second-order valence-electron chi connectivity index (χ2n) is 28.6. The molecular weight excluding hydrogens is 1340 g/mol. The van der Waals surface area contributed by atoms with E-state index in [2.05, 4.69) is 56.4 Å². The molecule has 24 heteroatoms. The van der Waals surface area contributed by atoms with Crippen LogP contribution >= 0.6 is 23.2 Å². The van der Waals surface area contributed by atoms with Crippen LogP contribution in [0, 0.1) is 46.3 Å². The Labute approximate surface area is 604 Å². The van der Waals surface area contributed by atoms with Crippen molar-refractivity contribution in [2.45, 2.75) is 168 Å². The maximum absolute atomic E-state index is 15.1. The number of nitrogens with zero attached hydrogens (tertiary/aromatic N) is 6. The third kappa shape index (κ3) is 19.3. The number of amides is 6. The quantitative estimate of drug-likeness (QED) is 0.0460. The van der Waals surface area contributed by atoms with Crippen LogP contribution in [0.1, 0.15) is 152 Å². The smallest absolute Gasteiger partial charge is 0.410 e. The van der Waals surface area contributed by atoms with Crippen LogP contribution < -0.4 is 41.0 Å². The first-order valence-electron chi connectivity index (χ1n) is 33.5. The minimum absolute atomic E-state index is 0.0255. The number of ether oxygens (including phenoxy) is 4. The Bertz CT molecular complexity index is 4250. The van der Waals surface area contributed by atoms with Gasteiger partial charge in [0.2, 0.25) is 23.6 Å². The Morgan fingerprint density at radius 2 is 0.912 bits per heavy atom. The monoisotopic (exact) mass is 1420 g/mol. The number of likely N-dealkylation sites (N-methyl/N-ethyl adjacent to an activating group) is 2. The van der Waals surface area contributed by atoms with Crippen molar-refractivity contribution in [3.8, 4) is 47.3 Å². The average Bonchev–Trinajstić information content (AvgIpc) is 1.60. The molecule has 2 aliphatic heterocycles. The topological polar surface area (TPSA) is 290 Å². The Hall–Kier alpha value is -10.5. The molecule has 2 aliphatic rings. The van der Waals surface area contributed by atoms with Crippen LogP contribution in [0.25, 0.3) is 0 Å². The van der Waals surface area contributed by atoms with E-state index in [0.717, 1.165) is 0 Å². The molecule has 0 saturated carbocycles. The van der Waals surface area contributed by atoms with Crippen molar-refractivity contribution < 1.29 is 47.7 Å². The van der Waals surface area contributed by atoms with Crippen molar-refractivity contribution in [1.82, 2.24) is 30.4 Å².